The topological polar surface area (TPSA) is 60.8 Å². The van der Waals surface area contributed by atoms with Crippen LogP contribution in [0.15, 0.2) is 29.1 Å². The summed E-state index contributed by atoms with van der Waals surface area (Å²) in [4.78, 5) is 29.2. The van der Waals surface area contributed by atoms with E-state index in [9.17, 15) is 9.59 Å². The van der Waals surface area contributed by atoms with Gasteiger partial charge in [0.15, 0.2) is 5.75 Å². The van der Waals surface area contributed by atoms with E-state index in [1.165, 1.54) is 11.3 Å². The van der Waals surface area contributed by atoms with Crippen molar-refractivity contribution in [3.8, 4) is 5.75 Å². The van der Waals surface area contributed by atoms with Crippen molar-refractivity contribution in [2.24, 2.45) is 7.05 Å². The molecule has 1 unspecified atom stereocenters. The van der Waals surface area contributed by atoms with E-state index in [1.54, 1.807) is 11.6 Å². The molecular weight excluding hydrogens is 400 g/mol. The first kappa shape index (κ1) is 19.6. The average molecular weight is 427 g/mol. The lowest BCUT2D eigenvalue weighted by molar-refractivity contribution is 0.0651. The van der Waals surface area contributed by atoms with Gasteiger partial charge in [-0.25, -0.2) is 0 Å². The summed E-state index contributed by atoms with van der Waals surface area (Å²) in [6.07, 6.45) is 5.18. The molecule has 2 aliphatic heterocycles. The van der Waals surface area contributed by atoms with Crippen LogP contribution in [0.5, 0.6) is 5.75 Å². The molecule has 4 heterocycles. The first-order chi connectivity index (χ1) is 14.6. The molecule has 1 atom stereocenters. The number of fused-ring (bicyclic) bond motifs is 3. The molecule has 6 nitrogen and oxygen atoms in total. The zero-order valence-electron chi connectivity index (χ0n) is 17.2. The minimum Gasteiger partial charge on any atom is -0.488 e. The van der Waals surface area contributed by atoms with E-state index in [-0.39, 0.29) is 17.6 Å². The van der Waals surface area contributed by atoms with Gasteiger partial charge < -0.3 is 18.9 Å². The number of amides is 1. The van der Waals surface area contributed by atoms with E-state index in [2.05, 4.69) is 0 Å². The Balaban J connectivity index is 1.67. The lowest BCUT2D eigenvalue weighted by atomic mass is 10.1. The van der Waals surface area contributed by atoms with Crippen molar-refractivity contribution in [1.29, 1.82) is 0 Å². The highest BCUT2D eigenvalue weighted by Crippen LogP contribution is 2.40. The van der Waals surface area contributed by atoms with Crippen molar-refractivity contribution < 1.29 is 14.3 Å². The number of carbonyl (C=O) groups excluding carboxylic acids is 1. The minimum atomic E-state index is -0.125. The normalized spacial score (nSPS) is 19.6. The lowest BCUT2D eigenvalue weighted by Crippen LogP contribution is -2.35. The molecule has 7 heteroatoms. The molecule has 2 saturated heterocycles. The molecule has 0 spiro atoms. The molecule has 30 heavy (non-hydrogen) atoms. The lowest BCUT2D eigenvalue weighted by Gasteiger charge is -2.26. The third-order valence-electron chi connectivity index (χ3n) is 6.17. The van der Waals surface area contributed by atoms with Gasteiger partial charge in [0.1, 0.15) is 16.9 Å². The molecule has 0 bridgehead atoms. The number of aryl methyl sites for hydroxylation is 1. The van der Waals surface area contributed by atoms with Crippen LogP contribution in [-0.2, 0) is 11.8 Å². The summed E-state index contributed by atoms with van der Waals surface area (Å²) < 4.78 is 14.4. The van der Waals surface area contributed by atoms with Crippen LogP contribution in [0.2, 0.25) is 0 Å². The molecule has 5 rings (SSSR count). The van der Waals surface area contributed by atoms with Crippen molar-refractivity contribution >= 4 is 38.2 Å². The second kappa shape index (κ2) is 8.04. The molecule has 0 saturated carbocycles. The van der Waals surface area contributed by atoms with Gasteiger partial charge in [0.05, 0.1) is 16.3 Å². The van der Waals surface area contributed by atoms with Gasteiger partial charge >= 0.3 is 0 Å². The first-order valence-electron chi connectivity index (χ1n) is 10.7. The average Bonchev–Trinajstić information content (AvgIpc) is 3.44. The Hall–Kier alpha value is -2.38. The van der Waals surface area contributed by atoms with Gasteiger partial charge in [0, 0.05) is 32.1 Å². The van der Waals surface area contributed by atoms with Crippen LogP contribution in [0.25, 0.3) is 21.0 Å². The SMILES string of the molecule is Cn1c(=O)c2c(OCC3CCCO3)c(C(=O)N3CCCCC3)sc2c2ccccc21. The second-order valence-corrected chi connectivity index (χ2v) is 9.17. The van der Waals surface area contributed by atoms with Gasteiger partial charge in [-0.1, -0.05) is 18.2 Å². The highest BCUT2D eigenvalue weighted by Gasteiger charge is 2.29. The Bertz CT molecular complexity index is 1150. The number of hydrogen-bond acceptors (Lipinski definition) is 5. The van der Waals surface area contributed by atoms with Crippen LogP contribution in [0.1, 0.15) is 41.8 Å². The Morgan fingerprint density at radius 1 is 1.20 bits per heavy atom. The highest BCUT2D eigenvalue weighted by molar-refractivity contribution is 7.22. The summed E-state index contributed by atoms with van der Waals surface area (Å²) in [5.41, 5.74) is 0.735. The van der Waals surface area contributed by atoms with Gasteiger partial charge in [-0.2, -0.15) is 0 Å². The van der Waals surface area contributed by atoms with Crippen molar-refractivity contribution in [3.05, 3.63) is 39.5 Å². The molecule has 2 aliphatic rings. The highest BCUT2D eigenvalue weighted by atomic mass is 32.1. The van der Waals surface area contributed by atoms with Crippen LogP contribution >= 0.6 is 11.3 Å². The van der Waals surface area contributed by atoms with E-state index in [0.717, 1.165) is 67.4 Å². The van der Waals surface area contributed by atoms with Crippen molar-refractivity contribution in [3.63, 3.8) is 0 Å². The Morgan fingerprint density at radius 2 is 2.00 bits per heavy atom. The number of carbonyl (C=O) groups is 1. The van der Waals surface area contributed by atoms with Crippen LogP contribution in [0.3, 0.4) is 0 Å². The number of thiophene rings is 1. The van der Waals surface area contributed by atoms with Crippen molar-refractivity contribution in [1.82, 2.24) is 9.47 Å². The second-order valence-electron chi connectivity index (χ2n) is 8.14. The van der Waals surface area contributed by atoms with E-state index in [1.807, 2.05) is 29.2 Å². The Kier molecular flexibility index (Phi) is 5.25. The summed E-state index contributed by atoms with van der Waals surface area (Å²) in [5.74, 6) is 0.414. The van der Waals surface area contributed by atoms with Gasteiger partial charge in [0.2, 0.25) is 0 Å². The number of rotatable bonds is 4. The van der Waals surface area contributed by atoms with Crippen LogP contribution in [0.4, 0.5) is 0 Å². The maximum absolute atomic E-state index is 13.4. The molecule has 3 aromatic rings. The summed E-state index contributed by atoms with van der Waals surface area (Å²) in [6.45, 7) is 2.63. The Morgan fingerprint density at radius 3 is 2.77 bits per heavy atom. The fourth-order valence-corrected chi connectivity index (χ4v) is 5.75. The number of piperidine rings is 1. The summed E-state index contributed by atoms with van der Waals surface area (Å²) in [6, 6.07) is 7.84. The molecule has 2 fully saturated rings. The number of aromatic nitrogens is 1. The third kappa shape index (κ3) is 3.30. The zero-order valence-corrected chi connectivity index (χ0v) is 18.0. The fraction of sp³-hybridized carbons (Fsp3) is 0.478. The zero-order chi connectivity index (χ0) is 20.7. The van der Waals surface area contributed by atoms with E-state index in [0.29, 0.717) is 22.6 Å². The predicted octanol–water partition coefficient (Wildman–Crippen LogP) is 3.94. The standard InChI is InChI=1S/C23H26N2O4S/c1-24-17-10-4-3-9-16(17)20-18(22(24)26)19(29-14-15-8-7-13-28-15)21(30-20)23(27)25-11-5-2-6-12-25/h3-4,9-10,15H,2,5-8,11-14H2,1H3. The minimum absolute atomic E-state index is 0.0159. The summed E-state index contributed by atoms with van der Waals surface area (Å²) in [5, 5.41) is 1.49. The molecule has 1 aromatic carbocycles. The van der Waals surface area contributed by atoms with Crippen LogP contribution in [-0.4, -0.2) is 47.8 Å². The number of benzene rings is 1. The Labute approximate surface area is 179 Å². The number of likely N-dealkylation sites (tertiary alicyclic amines) is 1. The maximum atomic E-state index is 13.4. The molecule has 2 aromatic heterocycles. The van der Waals surface area contributed by atoms with Gasteiger partial charge in [-0.3, -0.25) is 9.59 Å². The van der Waals surface area contributed by atoms with Crippen LogP contribution in [0, 0.1) is 0 Å². The summed E-state index contributed by atoms with van der Waals surface area (Å²) in [7, 11) is 1.78. The van der Waals surface area contributed by atoms with Gasteiger partial charge in [0.25, 0.3) is 11.5 Å². The molecule has 0 radical (unpaired) electrons. The smallest absolute Gasteiger partial charge is 0.267 e. The number of hydrogen-bond donors (Lipinski definition) is 0. The van der Waals surface area contributed by atoms with Gasteiger partial charge in [-0.15, -0.1) is 11.3 Å². The van der Waals surface area contributed by atoms with E-state index < -0.39 is 0 Å². The molecule has 1 amide bonds. The quantitative estimate of drug-likeness (QED) is 0.634. The predicted molar refractivity (Wildman–Crippen MR) is 119 cm³/mol. The number of ether oxygens (including phenoxy) is 2. The molecular formula is C23H26N2O4S. The molecule has 0 N–H and O–H groups in total. The van der Waals surface area contributed by atoms with E-state index >= 15 is 0 Å². The monoisotopic (exact) mass is 426 g/mol. The number of nitrogens with zero attached hydrogens (tertiary/aromatic N) is 2. The summed E-state index contributed by atoms with van der Waals surface area (Å²) >= 11 is 1.39. The number of pyridine rings is 1. The van der Waals surface area contributed by atoms with Crippen LogP contribution < -0.4 is 10.3 Å². The largest absolute Gasteiger partial charge is 0.488 e. The maximum Gasteiger partial charge on any atom is 0.267 e. The van der Waals surface area contributed by atoms with Crippen molar-refractivity contribution in [2.75, 3.05) is 26.3 Å². The molecule has 158 valence electrons. The van der Waals surface area contributed by atoms with Gasteiger partial charge in [-0.05, 0) is 38.2 Å². The van der Waals surface area contributed by atoms with E-state index in [4.69, 9.17) is 9.47 Å². The third-order valence-corrected chi connectivity index (χ3v) is 7.36. The molecule has 0 aliphatic carbocycles. The fourth-order valence-electron chi connectivity index (χ4n) is 4.51. The van der Waals surface area contributed by atoms with Crippen molar-refractivity contribution in [2.45, 2.75) is 38.2 Å². The number of para-hydroxylation sites is 1. The first-order valence-corrected chi connectivity index (χ1v) is 11.5.